The summed E-state index contributed by atoms with van der Waals surface area (Å²) in [6.07, 6.45) is 3.59. The Bertz CT molecular complexity index is 420. The smallest absolute Gasteiger partial charge is 0.103 e. The number of hydrogen-bond donors (Lipinski definition) is 1. The van der Waals surface area contributed by atoms with Gasteiger partial charge in [0.05, 0.1) is 0 Å². The molecule has 84 valence electrons. The molecule has 1 aromatic rings. The normalized spacial score (nSPS) is 24.1. The van der Waals surface area contributed by atoms with Crippen molar-refractivity contribution in [1.29, 1.82) is 5.41 Å². The maximum Gasteiger partial charge on any atom is 0.103 e. The van der Waals surface area contributed by atoms with Crippen molar-refractivity contribution in [3.05, 3.63) is 29.8 Å². The Morgan fingerprint density at radius 3 is 2.81 bits per heavy atom. The van der Waals surface area contributed by atoms with Gasteiger partial charge in [0.2, 0.25) is 0 Å². The summed E-state index contributed by atoms with van der Waals surface area (Å²) < 4.78 is 0. The van der Waals surface area contributed by atoms with Gasteiger partial charge in [-0.15, -0.1) is 0 Å². The quantitative estimate of drug-likeness (QED) is 0.564. The van der Waals surface area contributed by atoms with E-state index in [1.54, 1.807) is 0 Å². The molecule has 1 saturated carbocycles. The minimum atomic E-state index is 0.540. The van der Waals surface area contributed by atoms with Crippen LogP contribution in [0.2, 0.25) is 0 Å². The van der Waals surface area contributed by atoms with Crippen LogP contribution in [0.25, 0.3) is 0 Å². The minimum Gasteiger partial charge on any atom is -0.330 e. The highest BCUT2D eigenvalue weighted by Crippen LogP contribution is 2.36. The van der Waals surface area contributed by atoms with E-state index in [4.69, 9.17) is 5.41 Å². The largest absolute Gasteiger partial charge is 0.330 e. The van der Waals surface area contributed by atoms with Crippen LogP contribution < -0.4 is 4.90 Å². The molecule has 0 amide bonds. The third kappa shape index (κ3) is 1.62. The van der Waals surface area contributed by atoms with Crippen LogP contribution in [0, 0.1) is 17.2 Å². The van der Waals surface area contributed by atoms with E-state index in [2.05, 4.69) is 36.1 Å². The number of para-hydroxylation sites is 1. The molecular formula is C14H18N2. The number of nitrogens with zero attached hydrogens (tertiary/aromatic N) is 1. The zero-order chi connectivity index (χ0) is 11.1. The number of amidine groups is 1. The van der Waals surface area contributed by atoms with Gasteiger partial charge >= 0.3 is 0 Å². The number of benzene rings is 1. The first-order valence-corrected chi connectivity index (χ1v) is 6.19. The maximum absolute atomic E-state index is 8.25. The molecule has 2 aliphatic rings. The van der Waals surface area contributed by atoms with Crippen LogP contribution in [0.3, 0.4) is 0 Å². The lowest BCUT2D eigenvalue weighted by molar-refractivity contribution is 0.564. The molecule has 1 aliphatic carbocycles. The van der Waals surface area contributed by atoms with E-state index in [-0.39, 0.29) is 0 Å². The summed E-state index contributed by atoms with van der Waals surface area (Å²) in [7, 11) is 0. The highest BCUT2D eigenvalue weighted by atomic mass is 15.2. The summed E-state index contributed by atoms with van der Waals surface area (Å²) in [6, 6.07) is 8.56. The lowest BCUT2D eigenvalue weighted by Crippen LogP contribution is -2.39. The molecule has 1 aliphatic heterocycles. The number of hydrogen-bond acceptors (Lipinski definition) is 1. The summed E-state index contributed by atoms with van der Waals surface area (Å²) in [4.78, 5) is 2.24. The molecule has 1 fully saturated rings. The van der Waals surface area contributed by atoms with Crippen molar-refractivity contribution in [2.24, 2.45) is 11.8 Å². The molecule has 1 N–H and O–H groups in total. The highest BCUT2D eigenvalue weighted by molar-refractivity contribution is 5.99. The molecule has 16 heavy (non-hydrogen) atoms. The van der Waals surface area contributed by atoms with Crippen LogP contribution in [0.1, 0.15) is 25.3 Å². The van der Waals surface area contributed by atoms with E-state index in [1.807, 2.05) is 0 Å². The molecule has 1 heterocycles. The Morgan fingerprint density at radius 1 is 1.31 bits per heavy atom. The average molecular weight is 214 g/mol. The number of rotatable bonds is 1. The fraction of sp³-hybridized carbons (Fsp3) is 0.500. The van der Waals surface area contributed by atoms with Crippen molar-refractivity contribution in [2.45, 2.75) is 26.2 Å². The van der Waals surface area contributed by atoms with Gasteiger partial charge in [0, 0.05) is 18.2 Å². The molecule has 0 saturated heterocycles. The van der Waals surface area contributed by atoms with Crippen LogP contribution in [-0.4, -0.2) is 12.4 Å². The van der Waals surface area contributed by atoms with Gasteiger partial charge in [0.1, 0.15) is 5.84 Å². The third-order valence-electron chi connectivity index (χ3n) is 3.60. The molecular weight excluding hydrogens is 196 g/mol. The second-order valence-electron chi connectivity index (χ2n) is 5.21. The summed E-state index contributed by atoms with van der Waals surface area (Å²) >= 11 is 0. The minimum absolute atomic E-state index is 0.540. The number of nitrogens with one attached hydrogen (secondary N) is 1. The van der Waals surface area contributed by atoms with Crippen molar-refractivity contribution < 1.29 is 0 Å². The fourth-order valence-electron chi connectivity index (χ4n) is 2.60. The Labute approximate surface area is 96.8 Å². The lowest BCUT2D eigenvalue weighted by Gasteiger charge is -2.35. The van der Waals surface area contributed by atoms with Gasteiger partial charge in [-0.25, -0.2) is 0 Å². The van der Waals surface area contributed by atoms with E-state index in [9.17, 15) is 0 Å². The first kappa shape index (κ1) is 9.88. The summed E-state index contributed by atoms with van der Waals surface area (Å²) in [5.74, 6) is 2.05. The topological polar surface area (TPSA) is 27.1 Å². The second-order valence-corrected chi connectivity index (χ2v) is 5.21. The van der Waals surface area contributed by atoms with Gasteiger partial charge in [0.25, 0.3) is 0 Å². The number of fused-ring (bicyclic) bond motifs is 1. The van der Waals surface area contributed by atoms with E-state index in [0.717, 1.165) is 18.8 Å². The standard InChI is InChI=1S/C14H18N2/c1-10-8-12-4-2-3-5-13(12)16(9-10)14(15)11-6-7-11/h2-5,10-11,15H,6-9H2,1H3. The molecule has 1 atom stereocenters. The van der Waals surface area contributed by atoms with Crippen LogP contribution >= 0.6 is 0 Å². The van der Waals surface area contributed by atoms with E-state index in [0.29, 0.717) is 11.8 Å². The Hall–Kier alpha value is -1.31. The van der Waals surface area contributed by atoms with Gasteiger partial charge < -0.3 is 4.90 Å². The van der Waals surface area contributed by atoms with Crippen molar-refractivity contribution in [2.75, 3.05) is 11.4 Å². The van der Waals surface area contributed by atoms with Crippen molar-refractivity contribution >= 4 is 11.5 Å². The van der Waals surface area contributed by atoms with Crippen molar-refractivity contribution in [3.63, 3.8) is 0 Å². The summed E-state index contributed by atoms with van der Waals surface area (Å²) in [6.45, 7) is 3.30. The van der Waals surface area contributed by atoms with Crippen molar-refractivity contribution in [1.82, 2.24) is 0 Å². The molecule has 2 nitrogen and oxygen atoms in total. The first-order valence-electron chi connectivity index (χ1n) is 6.19. The van der Waals surface area contributed by atoms with Crippen molar-refractivity contribution in [3.8, 4) is 0 Å². The predicted octanol–water partition coefficient (Wildman–Crippen LogP) is 3.07. The zero-order valence-electron chi connectivity index (χ0n) is 9.74. The van der Waals surface area contributed by atoms with Crippen LogP contribution in [0.5, 0.6) is 0 Å². The molecule has 0 bridgehead atoms. The lowest BCUT2D eigenvalue weighted by atomic mass is 9.93. The Balaban J connectivity index is 1.96. The fourth-order valence-corrected chi connectivity index (χ4v) is 2.60. The molecule has 0 aromatic heterocycles. The van der Waals surface area contributed by atoms with Crippen LogP contribution in [-0.2, 0) is 6.42 Å². The molecule has 3 rings (SSSR count). The van der Waals surface area contributed by atoms with Gasteiger partial charge in [-0.05, 0) is 36.8 Å². The monoisotopic (exact) mass is 214 g/mol. The molecule has 0 spiro atoms. The van der Waals surface area contributed by atoms with E-state index in [1.165, 1.54) is 24.1 Å². The molecule has 1 unspecified atom stereocenters. The van der Waals surface area contributed by atoms with Crippen LogP contribution in [0.4, 0.5) is 5.69 Å². The third-order valence-corrected chi connectivity index (χ3v) is 3.60. The second kappa shape index (κ2) is 3.62. The van der Waals surface area contributed by atoms with Gasteiger partial charge in [0.15, 0.2) is 0 Å². The van der Waals surface area contributed by atoms with Gasteiger partial charge in [-0.2, -0.15) is 0 Å². The van der Waals surface area contributed by atoms with E-state index >= 15 is 0 Å². The molecule has 0 radical (unpaired) electrons. The number of anilines is 1. The van der Waals surface area contributed by atoms with Gasteiger partial charge in [-0.3, -0.25) is 5.41 Å². The maximum atomic E-state index is 8.25. The average Bonchev–Trinajstić information content (AvgIpc) is 3.10. The molecule has 2 heteroatoms. The van der Waals surface area contributed by atoms with Crippen LogP contribution in [0.15, 0.2) is 24.3 Å². The SMILES string of the molecule is CC1Cc2ccccc2N(C(=N)C2CC2)C1. The summed E-state index contributed by atoms with van der Waals surface area (Å²) in [5, 5.41) is 8.25. The predicted molar refractivity (Wildman–Crippen MR) is 67.1 cm³/mol. The first-order chi connectivity index (χ1) is 7.75. The van der Waals surface area contributed by atoms with Gasteiger partial charge in [-0.1, -0.05) is 25.1 Å². The van der Waals surface area contributed by atoms with E-state index < -0.39 is 0 Å². The summed E-state index contributed by atoms with van der Waals surface area (Å²) in [5.41, 5.74) is 2.68. The zero-order valence-corrected chi connectivity index (χ0v) is 9.74. The Morgan fingerprint density at radius 2 is 2.06 bits per heavy atom. The molecule has 1 aromatic carbocycles. The highest BCUT2D eigenvalue weighted by Gasteiger charge is 2.33. The Kier molecular flexibility index (Phi) is 2.23.